The number of fused-ring (bicyclic) bond motifs is 1. The number of para-hydroxylation sites is 1. The molecule has 3 aromatic rings. The molecule has 1 atom stereocenters. The summed E-state index contributed by atoms with van der Waals surface area (Å²) in [5, 5.41) is 2.66. The van der Waals surface area contributed by atoms with Gasteiger partial charge < -0.3 is 5.32 Å². The summed E-state index contributed by atoms with van der Waals surface area (Å²) in [5.41, 5.74) is -0.777. The molecule has 4 rings (SSSR count). The van der Waals surface area contributed by atoms with Crippen LogP contribution in [-0.4, -0.2) is 36.7 Å². The van der Waals surface area contributed by atoms with Gasteiger partial charge in [-0.05, 0) is 43.2 Å². The van der Waals surface area contributed by atoms with Gasteiger partial charge in [0.15, 0.2) is 0 Å². The molecule has 11 heteroatoms. The summed E-state index contributed by atoms with van der Waals surface area (Å²) in [6.07, 6.45) is -2.32. The highest BCUT2D eigenvalue weighted by molar-refractivity contribution is 7.89. The van der Waals surface area contributed by atoms with E-state index >= 15 is 0 Å². The molecule has 2 heterocycles. The number of nitrogens with zero attached hydrogens (tertiary/aromatic N) is 2. The van der Waals surface area contributed by atoms with Gasteiger partial charge in [0.2, 0.25) is 15.9 Å². The van der Waals surface area contributed by atoms with Crippen molar-refractivity contribution >= 4 is 44.1 Å². The number of carbonyl (C=O) groups excluding carboxylic acids is 1. The summed E-state index contributed by atoms with van der Waals surface area (Å²) in [7, 11) is -3.93. The smallest absolute Gasteiger partial charge is 0.326 e. The van der Waals surface area contributed by atoms with Crippen molar-refractivity contribution in [2.75, 3.05) is 18.4 Å². The van der Waals surface area contributed by atoms with Gasteiger partial charge in [-0.3, -0.25) is 9.78 Å². The fourth-order valence-corrected chi connectivity index (χ4v) is 5.78. The first-order valence-electron chi connectivity index (χ1n) is 10.1. The number of anilines is 1. The number of pyridine rings is 1. The van der Waals surface area contributed by atoms with Crippen LogP contribution < -0.4 is 5.32 Å². The number of rotatable bonds is 4. The summed E-state index contributed by atoms with van der Waals surface area (Å²) in [5.74, 6) is -1.28. The second-order valence-electron chi connectivity index (χ2n) is 7.72. The molecule has 1 amide bonds. The van der Waals surface area contributed by atoms with Gasteiger partial charge >= 0.3 is 6.18 Å². The lowest BCUT2D eigenvalue weighted by molar-refractivity contribution is -0.137. The molecule has 33 heavy (non-hydrogen) atoms. The van der Waals surface area contributed by atoms with Crippen molar-refractivity contribution in [1.29, 1.82) is 0 Å². The monoisotopic (exact) mass is 497 g/mol. The van der Waals surface area contributed by atoms with Crippen LogP contribution >= 0.6 is 11.6 Å². The number of halogens is 4. The van der Waals surface area contributed by atoms with Gasteiger partial charge in [0.05, 0.1) is 22.0 Å². The van der Waals surface area contributed by atoms with Crippen LogP contribution in [0.15, 0.2) is 59.6 Å². The highest BCUT2D eigenvalue weighted by Gasteiger charge is 2.36. The van der Waals surface area contributed by atoms with Crippen molar-refractivity contribution in [2.45, 2.75) is 23.9 Å². The number of aromatic nitrogens is 1. The minimum Gasteiger partial charge on any atom is -0.326 e. The molecular weight excluding hydrogens is 479 g/mol. The quantitative estimate of drug-likeness (QED) is 0.553. The van der Waals surface area contributed by atoms with E-state index in [0.29, 0.717) is 23.7 Å². The van der Waals surface area contributed by atoms with Crippen LogP contribution in [0.4, 0.5) is 18.9 Å². The number of hydrogen-bond acceptors (Lipinski definition) is 4. The molecule has 2 aromatic carbocycles. The Balaban J connectivity index is 1.54. The number of hydrogen-bond donors (Lipinski definition) is 1. The molecule has 0 saturated carbocycles. The number of carbonyl (C=O) groups is 1. The van der Waals surface area contributed by atoms with E-state index in [9.17, 15) is 26.4 Å². The lowest BCUT2D eigenvalue weighted by Gasteiger charge is -2.31. The Kier molecular flexibility index (Phi) is 6.35. The van der Waals surface area contributed by atoms with Crippen molar-refractivity contribution < 1.29 is 26.4 Å². The number of nitrogens with one attached hydrogen (secondary N) is 1. The van der Waals surface area contributed by atoms with Crippen LogP contribution in [-0.2, 0) is 21.0 Å². The summed E-state index contributed by atoms with van der Waals surface area (Å²) < 4.78 is 67.2. The van der Waals surface area contributed by atoms with Gasteiger partial charge in [-0.15, -0.1) is 0 Å². The Labute approximate surface area is 193 Å². The normalized spacial score (nSPS) is 17.8. The third kappa shape index (κ3) is 4.83. The average Bonchev–Trinajstić information content (AvgIpc) is 2.79. The first kappa shape index (κ1) is 23.5. The Hall–Kier alpha value is -2.69. The Morgan fingerprint density at radius 2 is 1.91 bits per heavy atom. The molecule has 1 unspecified atom stereocenters. The summed E-state index contributed by atoms with van der Waals surface area (Å²) in [4.78, 5) is 17.0. The maximum Gasteiger partial charge on any atom is 0.417 e. The second-order valence-corrected chi connectivity index (χ2v) is 10.0. The molecule has 0 spiro atoms. The first-order chi connectivity index (χ1) is 15.6. The van der Waals surface area contributed by atoms with Gasteiger partial charge in [-0.2, -0.15) is 17.5 Å². The summed E-state index contributed by atoms with van der Waals surface area (Å²) in [6, 6.07) is 11.4. The van der Waals surface area contributed by atoms with Crippen molar-refractivity contribution in [3.05, 3.63) is 65.3 Å². The fraction of sp³-hybridized carbons (Fsp3) is 0.273. The van der Waals surface area contributed by atoms with Gasteiger partial charge in [0.25, 0.3) is 0 Å². The minimum atomic E-state index is -4.67. The fourth-order valence-electron chi connectivity index (χ4n) is 3.86. The lowest BCUT2D eigenvalue weighted by atomic mass is 9.98. The number of alkyl halides is 3. The van der Waals surface area contributed by atoms with Crippen LogP contribution in [0.2, 0.25) is 5.02 Å². The Morgan fingerprint density at radius 3 is 2.67 bits per heavy atom. The highest BCUT2D eigenvalue weighted by atomic mass is 35.5. The number of amides is 1. The topological polar surface area (TPSA) is 79.4 Å². The molecule has 1 saturated heterocycles. The molecule has 1 aromatic heterocycles. The second kappa shape index (κ2) is 8.92. The van der Waals surface area contributed by atoms with Crippen molar-refractivity contribution in [2.24, 2.45) is 5.92 Å². The minimum absolute atomic E-state index is 0.0502. The summed E-state index contributed by atoms with van der Waals surface area (Å²) >= 11 is 5.62. The molecule has 1 aliphatic rings. The molecule has 0 radical (unpaired) electrons. The van der Waals surface area contributed by atoms with E-state index in [1.54, 1.807) is 24.3 Å². The van der Waals surface area contributed by atoms with Crippen LogP contribution in [0, 0.1) is 5.92 Å². The zero-order valence-electron chi connectivity index (χ0n) is 17.1. The predicted octanol–water partition coefficient (Wildman–Crippen LogP) is 4.95. The van der Waals surface area contributed by atoms with E-state index in [-0.39, 0.29) is 23.7 Å². The van der Waals surface area contributed by atoms with E-state index < -0.39 is 38.6 Å². The SMILES string of the molecule is O=C(Nc1ccc(Cl)c(C(F)(F)F)c1)C1CCCN(S(=O)(=O)c2cccc3cccnc23)C1. The first-order valence-corrected chi connectivity index (χ1v) is 11.9. The third-order valence-corrected chi connectivity index (χ3v) is 7.73. The maximum atomic E-state index is 13.3. The largest absolute Gasteiger partial charge is 0.417 e. The Bertz CT molecular complexity index is 1310. The molecule has 174 valence electrons. The maximum absolute atomic E-state index is 13.3. The van der Waals surface area contributed by atoms with Gasteiger partial charge in [0.1, 0.15) is 4.90 Å². The molecule has 0 bridgehead atoms. The van der Waals surface area contributed by atoms with Crippen LogP contribution in [0.3, 0.4) is 0 Å². The van der Waals surface area contributed by atoms with E-state index in [2.05, 4.69) is 10.3 Å². The number of sulfonamides is 1. The van der Waals surface area contributed by atoms with Crippen LogP contribution in [0.25, 0.3) is 10.9 Å². The average molecular weight is 498 g/mol. The van der Waals surface area contributed by atoms with E-state index in [1.807, 2.05) is 0 Å². The van der Waals surface area contributed by atoms with E-state index in [1.165, 1.54) is 22.6 Å². The molecule has 1 N–H and O–H groups in total. The van der Waals surface area contributed by atoms with Crippen LogP contribution in [0.5, 0.6) is 0 Å². The van der Waals surface area contributed by atoms with E-state index in [0.717, 1.165) is 12.1 Å². The molecule has 1 aliphatic heterocycles. The predicted molar refractivity (Wildman–Crippen MR) is 118 cm³/mol. The molecule has 0 aliphatic carbocycles. The Morgan fingerprint density at radius 1 is 1.15 bits per heavy atom. The summed E-state index contributed by atoms with van der Waals surface area (Å²) in [6.45, 7) is 0.144. The van der Waals surface area contributed by atoms with Crippen LogP contribution in [0.1, 0.15) is 18.4 Å². The van der Waals surface area contributed by atoms with Crippen molar-refractivity contribution in [3.63, 3.8) is 0 Å². The van der Waals surface area contributed by atoms with Gasteiger partial charge in [0, 0.05) is 30.4 Å². The van der Waals surface area contributed by atoms with Crippen molar-refractivity contribution in [3.8, 4) is 0 Å². The van der Waals surface area contributed by atoms with Gasteiger partial charge in [-0.25, -0.2) is 8.42 Å². The molecule has 6 nitrogen and oxygen atoms in total. The highest BCUT2D eigenvalue weighted by Crippen LogP contribution is 2.36. The number of piperidine rings is 1. The number of benzene rings is 2. The molecular formula is C22H19ClF3N3O3S. The third-order valence-electron chi connectivity index (χ3n) is 5.51. The van der Waals surface area contributed by atoms with Crippen molar-refractivity contribution in [1.82, 2.24) is 9.29 Å². The lowest BCUT2D eigenvalue weighted by Crippen LogP contribution is -2.43. The van der Waals surface area contributed by atoms with E-state index in [4.69, 9.17) is 11.6 Å². The van der Waals surface area contributed by atoms with Gasteiger partial charge in [-0.1, -0.05) is 29.8 Å². The standard InChI is InChI=1S/C22H19ClF3N3O3S/c23-18-9-8-16(12-17(18)22(24,25)26)28-21(30)15-6-3-11-29(13-15)33(31,32)19-7-1-4-14-5-2-10-27-20(14)19/h1-2,4-5,7-10,12,15H,3,6,11,13H2,(H,28,30). The zero-order chi connectivity index (χ0) is 23.8. The molecule has 1 fully saturated rings. The zero-order valence-corrected chi connectivity index (χ0v) is 18.7.